The van der Waals surface area contributed by atoms with E-state index < -0.39 is 0 Å². The van der Waals surface area contributed by atoms with Crippen LogP contribution in [-0.4, -0.2) is 6.03 Å². The van der Waals surface area contributed by atoms with Crippen LogP contribution in [0.4, 0.5) is 14.9 Å². The molecule has 2 N–H and O–H groups in total. The third-order valence-corrected chi connectivity index (χ3v) is 3.35. The minimum Gasteiger partial charge on any atom is -0.314 e. The van der Waals surface area contributed by atoms with Crippen molar-refractivity contribution in [1.29, 1.82) is 0 Å². The van der Waals surface area contributed by atoms with Gasteiger partial charge in [-0.3, -0.25) is 0 Å². The maximum absolute atomic E-state index is 13.0. The van der Waals surface area contributed by atoms with Gasteiger partial charge in [-0.05, 0) is 46.9 Å². The zero-order valence-corrected chi connectivity index (χ0v) is 13.6. The molecule has 0 saturated heterocycles. The van der Waals surface area contributed by atoms with E-state index in [1.165, 1.54) is 23.9 Å². The predicted octanol–water partition coefficient (Wildman–Crippen LogP) is 4.92. The van der Waals surface area contributed by atoms with Gasteiger partial charge in [0.2, 0.25) is 0 Å². The lowest BCUT2D eigenvalue weighted by Crippen LogP contribution is -2.23. The Kier molecular flexibility index (Phi) is 5.16. The van der Waals surface area contributed by atoms with Gasteiger partial charge in [0.1, 0.15) is 5.82 Å². The van der Waals surface area contributed by atoms with E-state index in [-0.39, 0.29) is 17.3 Å². The number of nitrogens with one attached hydrogen (secondary N) is 2. The summed E-state index contributed by atoms with van der Waals surface area (Å²) in [5, 5.41) is 5.33. The highest BCUT2D eigenvalue weighted by molar-refractivity contribution is 5.90. The fourth-order valence-corrected chi connectivity index (χ4v) is 2.04. The lowest BCUT2D eigenvalue weighted by molar-refractivity contribution is 0.255. The molecule has 3 nitrogen and oxygen atoms in total. The molecule has 2 rings (SSSR count). The molecule has 0 aliphatic rings. The van der Waals surface area contributed by atoms with Gasteiger partial charge in [-0.25, -0.2) is 9.18 Å². The third kappa shape index (κ3) is 5.25. The quantitative estimate of drug-likeness (QED) is 0.830. The second-order valence-corrected chi connectivity index (χ2v) is 6.31. The Hall–Kier alpha value is -2.62. The largest absolute Gasteiger partial charge is 0.323 e. The molecule has 0 aliphatic heterocycles. The SMILES string of the molecule is CC(C)(C)c1ccc(NC(=O)N/C=C/c2cccc(F)c2)cc1. The third-order valence-electron chi connectivity index (χ3n) is 3.35. The first-order valence-corrected chi connectivity index (χ1v) is 7.45. The highest BCUT2D eigenvalue weighted by Crippen LogP contribution is 2.23. The van der Waals surface area contributed by atoms with Crippen LogP contribution in [0.15, 0.2) is 54.7 Å². The number of urea groups is 1. The Bertz CT molecular complexity index is 700. The Labute approximate surface area is 136 Å². The Morgan fingerprint density at radius 3 is 2.39 bits per heavy atom. The number of rotatable bonds is 3. The molecular weight excluding hydrogens is 291 g/mol. The minimum absolute atomic E-state index is 0.0779. The highest BCUT2D eigenvalue weighted by atomic mass is 19.1. The summed E-state index contributed by atoms with van der Waals surface area (Å²) in [5.41, 5.74) is 2.68. The summed E-state index contributed by atoms with van der Waals surface area (Å²) in [6.07, 6.45) is 3.11. The molecular formula is C19H21FN2O. The van der Waals surface area contributed by atoms with E-state index in [9.17, 15) is 9.18 Å². The second kappa shape index (κ2) is 7.09. The Morgan fingerprint density at radius 1 is 1.09 bits per heavy atom. The zero-order valence-electron chi connectivity index (χ0n) is 13.6. The molecule has 2 aromatic carbocycles. The van der Waals surface area contributed by atoms with Gasteiger partial charge < -0.3 is 10.6 Å². The van der Waals surface area contributed by atoms with Crippen LogP contribution in [0.25, 0.3) is 6.08 Å². The maximum Gasteiger partial charge on any atom is 0.323 e. The Morgan fingerprint density at radius 2 is 1.78 bits per heavy atom. The predicted molar refractivity (Wildman–Crippen MR) is 92.7 cm³/mol. The van der Waals surface area contributed by atoms with Gasteiger partial charge in [0.05, 0.1) is 0 Å². The first-order valence-electron chi connectivity index (χ1n) is 7.45. The van der Waals surface area contributed by atoms with Crippen LogP contribution in [0.3, 0.4) is 0 Å². The summed E-state index contributed by atoms with van der Waals surface area (Å²) in [6.45, 7) is 6.41. The van der Waals surface area contributed by atoms with E-state index in [0.29, 0.717) is 5.56 Å². The maximum atomic E-state index is 13.0. The molecule has 120 valence electrons. The monoisotopic (exact) mass is 312 g/mol. The second-order valence-electron chi connectivity index (χ2n) is 6.31. The molecule has 2 amide bonds. The van der Waals surface area contributed by atoms with E-state index in [4.69, 9.17) is 0 Å². The molecule has 0 fully saturated rings. The summed E-state index contributed by atoms with van der Waals surface area (Å²) >= 11 is 0. The molecule has 0 aliphatic carbocycles. The Balaban J connectivity index is 1.90. The number of hydrogen-bond donors (Lipinski definition) is 2. The number of amides is 2. The number of hydrogen-bond acceptors (Lipinski definition) is 1. The molecule has 0 unspecified atom stereocenters. The van der Waals surface area contributed by atoms with Crippen LogP contribution in [0.2, 0.25) is 0 Å². The highest BCUT2D eigenvalue weighted by Gasteiger charge is 2.12. The van der Waals surface area contributed by atoms with Gasteiger partial charge in [0, 0.05) is 11.9 Å². The molecule has 0 heterocycles. The number of anilines is 1. The van der Waals surface area contributed by atoms with E-state index in [2.05, 4.69) is 31.4 Å². The van der Waals surface area contributed by atoms with E-state index in [1.807, 2.05) is 24.3 Å². The van der Waals surface area contributed by atoms with Crippen LogP contribution >= 0.6 is 0 Å². The smallest absolute Gasteiger partial charge is 0.314 e. The molecule has 0 spiro atoms. The van der Waals surface area contributed by atoms with Crippen LogP contribution < -0.4 is 10.6 Å². The van der Waals surface area contributed by atoms with Gasteiger partial charge in [-0.1, -0.05) is 45.0 Å². The number of halogens is 1. The van der Waals surface area contributed by atoms with Crippen molar-refractivity contribution in [2.45, 2.75) is 26.2 Å². The molecule has 0 saturated carbocycles. The van der Waals surface area contributed by atoms with Crippen molar-refractivity contribution in [1.82, 2.24) is 5.32 Å². The van der Waals surface area contributed by atoms with Crippen LogP contribution in [-0.2, 0) is 5.41 Å². The van der Waals surface area contributed by atoms with Crippen LogP contribution in [0, 0.1) is 5.82 Å². The zero-order chi connectivity index (χ0) is 16.9. The minimum atomic E-state index is -0.346. The molecule has 4 heteroatoms. The van der Waals surface area contributed by atoms with Crippen LogP contribution in [0.5, 0.6) is 0 Å². The molecule has 0 aromatic heterocycles. The van der Waals surface area contributed by atoms with Crippen molar-refractivity contribution in [2.75, 3.05) is 5.32 Å². The first kappa shape index (κ1) is 16.7. The van der Waals surface area contributed by atoms with Crippen molar-refractivity contribution in [2.24, 2.45) is 0 Å². The summed E-state index contributed by atoms with van der Waals surface area (Å²) in [6, 6.07) is 13.5. The average Bonchev–Trinajstić information content (AvgIpc) is 2.47. The average molecular weight is 312 g/mol. The standard InChI is InChI=1S/C19H21FN2O/c1-19(2,3)15-7-9-17(10-8-15)22-18(23)21-12-11-14-5-4-6-16(20)13-14/h4-13H,1-3H3,(H2,21,22,23)/b12-11+. The summed E-state index contributed by atoms with van der Waals surface area (Å²) < 4.78 is 13.0. The van der Waals surface area contributed by atoms with Gasteiger partial charge >= 0.3 is 6.03 Å². The molecule has 0 atom stereocenters. The van der Waals surface area contributed by atoms with E-state index in [1.54, 1.807) is 18.2 Å². The number of carbonyl (C=O) groups is 1. The van der Waals surface area contributed by atoms with Crippen molar-refractivity contribution in [3.63, 3.8) is 0 Å². The first-order chi connectivity index (χ1) is 10.8. The fourth-order valence-electron chi connectivity index (χ4n) is 2.04. The van der Waals surface area contributed by atoms with Gasteiger partial charge in [-0.15, -0.1) is 0 Å². The van der Waals surface area contributed by atoms with Gasteiger partial charge in [0.15, 0.2) is 0 Å². The van der Waals surface area contributed by atoms with Gasteiger partial charge in [-0.2, -0.15) is 0 Å². The fraction of sp³-hybridized carbons (Fsp3) is 0.211. The number of carbonyl (C=O) groups excluding carboxylic acids is 1. The van der Waals surface area contributed by atoms with Crippen LogP contribution in [0.1, 0.15) is 31.9 Å². The lowest BCUT2D eigenvalue weighted by Gasteiger charge is -2.19. The van der Waals surface area contributed by atoms with Crippen molar-refractivity contribution >= 4 is 17.8 Å². The molecule has 0 radical (unpaired) electrons. The molecule has 2 aromatic rings. The summed E-state index contributed by atoms with van der Waals surface area (Å²) in [5.74, 6) is -0.310. The van der Waals surface area contributed by atoms with E-state index >= 15 is 0 Å². The van der Waals surface area contributed by atoms with Crippen molar-refractivity contribution < 1.29 is 9.18 Å². The van der Waals surface area contributed by atoms with Crippen molar-refractivity contribution in [3.05, 3.63) is 71.7 Å². The summed E-state index contributed by atoms with van der Waals surface area (Å²) in [4.78, 5) is 11.8. The van der Waals surface area contributed by atoms with Crippen molar-refractivity contribution in [3.8, 4) is 0 Å². The van der Waals surface area contributed by atoms with Gasteiger partial charge in [0.25, 0.3) is 0 Å². The molecule has 0 bridgehead atoms. The lowest BCUT2D eigenvalue weighted by atomic mass is 9.87. The topological polar surface area (TPSA) is 41.1 Å². The molecule has 23 heavy (non-hydrogen) atoms. The summed E-state index contributed by atoms with van der Waals surface area (Å²) in [7, 11) is 0. The normalized spacial score (nSPS) is 11.5. The van der Waals surface area contributed by atoms with E-state index in [0.717, 1.165) is 5.69 Å². The number of benzene rings is 2.